The molecule has 1 N–H and O–H groups in total. The second kappa shape index (κ2) is 5.82. The van der Waals surface area contributed by atoms with Gasteiger partial charge in [0.1, 0.15) is 0 Å². The molecule has 4 heteroatoms. The van der Waals surface area contributed by atoms with Crippen LogP contribution in [0.15, 0.2) is 18.2 Å². The van der Waals surface area contributed by atoms with Crippen molar-refractivity contribution < 1.29 is 4.79 Å². The number of urea groups is 1. The Morgan fingerprint density at radius 2 is 1.91 bits per heavy atom. The second-order valence-corrected chi connectivity index (χ2v) is 6.81. The maximum atomic E-state index is 12.7. The minimum atomic E-state index is 0.102. The Kier molecular flexibility index (Phi) is 3.68. The molecule has 118 valence electrons. The molecule has 4 nitrogen and oxygen atoms in total. The molecule has 4 rings (SSSR count). The molecule has 2 heterocycles. The molecule has 0 unspecified atom stereocenters. The molecule has 1 aromatic carbocycles. The van der Waals surface area contributed by atoms with Gasteiger partial charge >= 0.3 is 6.03 Å². The van der Waals surface area contributed by atoms with Crippen molar-refractivity contribution in [3.63, 3.8) is 0 Å². The van der Waals surface area contributed by atoms with Crippen molar-refractivity contribution in [2.24, 2.45) is 0 Å². The molecule has 2 amide bonds. The number of carbonyl (C=O) groups excluding carboxylic acids is 1. The summed E-state index contributed by atoms with van der Waals surface area (Å²) in [5, 5.41) is 3.27. The third-order valence-corrected chi connectivity index (χ3v) is 5.35. The number of aryl methyl sites for hydroxylation is 1. The monoisotopic (exact) mass is 299 g/mol. The lowest BCUT2D eigenvalue weighted by Crippen LogP contribution is -2.51. The van der Waals surface area contributed by atoms with Gasteiger partial charge in [0, 0.05) is 25.7 Å². The molecule has 3 aliphatic rings. The van der Waals surface area contributed by atoms with Crippen molar-refractivity contribution in [2.45, 2.75) is 51.0 Å². The van der Waals surface area contributed by atoms with Gasteiger partial charge in [-0.25, -0.2) is 4.79 Å². The standard InChI is InChI=1S/C18H25N3O/c22-18(19-15-8-2-1-3-9-15)21-13-12-20-11-5-7-14-6-4-10-16(21)17(14)20/h4,6,10,15H,1-3,5,7-9,11-13H2,(H,19,22). The lowest BCUT2D eigenvalue weighted by molar-refractivity contribution is 0.238. The van der Waals surface area contributed by atoms with E-state index in [2.05, 4.69) is 28.4 Å². The highest BCUT2D eigenvalue weighted by Gasteiger charge is 2.31. The molecule has 0 aromatic heterocycles. The summed E-state index contributed by atoms with van der Waals surface area (Å²) < 4.78 is 0. The van der Waals surface area contributed by atoms with E-state index in [0.717, 1.165) is 44.6 Å². The van der Waals surface area contributed by atoms with Crippen LogP contribution in [0.3, 0.4) is 0 Å². The zero-order valence-corrected chi connectivity index (χ0v) is 13.2. The molecule has 1 aliphatic carbocycles. The summed E-state index contributed by atoms with van der Waals surface area (Å²) in [7, 11) is 0. The number of carbonyl (C=O) groups is 1. The van der Waals surface area contributed by atoms with Crippen LogP contribution in [0.25, 0.3) is 0 Å². The third-order valence-electron chi connectivity index (χ3n) is 5.35. The molecule has 0 saturated heterocycles. The number of nitrogens with one attached hydrogen (secondary N) is 1. The third kappa shape index (κ3) is 2.44. The summed E-state index contributed by atoms with van der Waals surface area (Å²) in [5.74, 6) is 0. The molecular weight excluding hydrogens is 274 g/mol. The number of rotatable bonds is 1. The van der Waals surface area contributed by atoms with Gasteiger partial charge in [-0.05, 0) is 37.3 Å². The fourth-order valence-electron chi connectivity index (χ4n) is 4.21. The molecule has 1 saturated carbocycles. The zero-order chi connectivity index (χ0) is 14.9. The van der Waals surface area contributed by atoms with E-state index in [1.54, 1.807) is 0 Å². The van der Waals surface area contributed by atoms with Crippen molar-refractivity contribution in [1.29, 1.82) is 0 Å². The highest BCUT2D eigenvalue weighted by atomic mass is 16.2. The summed E-state index contributed by atoms with van der Waals surface area (Å²) >= 11 is 0. The average Bonchev–Trinajstić information content (AvgIpc) is 2.56. The zero-order valence-electron chi connectivity index (χ0n) is 13.2. The number of amides is 2. The van der Waals surface area contributed by atoms with E-state index in [1.807, 2.05) is 4.90 Å². The quantitative estimate of drug-likeness (QED) is 0.863. The number of para-hydroxylation sites is 1. The van der Waals surface area contributed by atoms with E-state index in [9.17, 15) is 4.79 Å². The van der Waals surface area contributed by atoms with Crippen LogP contribution in [-0.2, 0) is 6.42 Å². The number of anilines is 2. The van der Waals surface area contributed by atoms with Crippen molar-refractivity contribution in [1.82, 2.24) is 5.32 Å². The summed E-state index contributed by atoms with van der Waals surface area (Å²) in [6, 6.07) is 6.90. The maximum Gasteiger partial charge on any atom is 0.322 e. The van der Waals surface area contributed by atoms with Gasteiger partial charge in [0.05, 0.1) is 11.4 Å². The van der Waals surface area contributed by atoms with Crippen molar-refractivity contribution in [2.75, 3.05) is 29.4 Å². The molecule has 0 atom stereocenters. The number of hydrogen-bond acceptors (Lipinski definition) is 2. The maximum absolute atomic E-state index is 12.7. The Hall–Kier alpha value is -1.71. The van der Waals surface area contributed by atoms with Gasteiger partial charge < -0.3 is 10.2 Å². The Bertz CT molecular complexity index is 565. The van der Waals surface area contributed by atoms with Crippen LogP contribution in [0.2, 0.25) is 0 Å². The minimum Gasteiger partial charge on any atom is -0.368 e. The first-order valence-corrected chi connectivity index (χ1v) is 8.78. The fourth-order valence-corrected chi connectivity index (χ4v) is 4.21. The van der Waals surface area contributed by atoms with E-state index in [1.165, 1.54) is 36.9 Å². The van der Waals surface area contributed by atoms with Crippen molar-refractivity contribution in [3.8, 4) is 0 Å². The molecular formula is C18H25N3O. The van der Waals surface area contributed by atoms with Crippen molar-refractivity contribution >= 4 is 17.4 Å². The van der Waals surface area contributed by atoms with E-state index in [0.29, 0.717) is 6.04 Å². The Morgan fingerprint density at radius 3 is 2.77 bits per heavy atom. The van der Waals surface area contributed by atoms with E-state index in [-0.39, 0.29) is 6.03 Å². The molecule has 0 radical (unpaired) electrons. The molecule has 1 fully saturated rings. The lowest BCUT2D eigenvalue weighted by Gasteiger charge is -2.41. The number of benzene rings is 1. The highest BCUT2D eigenvalue weighted by Crippen LogP contribution is 2.39. The first kappa shape index (κ1) is 13.9. The Labute approximate surface area is 132 Å². The Balaban J connectivity index is 1.56. The lowest BCUT2D eigenvalue weighted by atomic mass is 9.95. The largest absolute Gasteiger partial charge is 0.368 e. The minimum absolute atomic E-state index is 0.102. The van der Waals surface area contributed by atoms with Crippen LogP contribution < -0.4 is 15.1 Å². The van der Waals surface area contributed by atoms with Crippen LogP contribution in [0.5, 0.6) is 0 Å². The van der Waals surface area contributed by atoms with Gasteiger partial charge in [0.2, 0.25) is 0 Å². The normalized spacial score (nSPS) is 21.5. The van der Waals surface area contributed by atoms with Gasteiger partial charge in [-0.1, -0.05) is 31.4 Å². The number of nitrogens with zero attached hydrogens (tertiary/aromatic N) is 2. The van der Waals surface area contributed by atoms with E-state index >= 15 is 0 Å². The molecule has 0 bridgehead atoms. The van der Waals surface area contributed by atoms with Gasteiger partial charge in [-0.2, -0.15) is 0 Å². The van der Waals surface area contributed by atoms with Gasteiger partial charge in [-0.3, -0.25) is 4.90 Å². The topological polar surface area (TPSA) is 35.6 Å². The Morgan fingerprint density at radius 1 is 1.05 bits per heavy atom. The summed E-state index contributed by atoms with van der Waals surface area (Å²) in [4.78, 5) is 17.2. The second-order valence-electron chi connectivity index (χ2n) is 6.81. The number of hydrogen-bond donors (Lipinski definition) is 1. The van der Waals surface area contributed by atoms with Crippen LogP contribution in [0.1, 0.15) is 44.1 Å². The predicted octanol–water partition coefficient (Wildman–Crippen LogP) is 3.30. The smallest absolute Gasteiger partial charge is 0.322 e. The van der Waals surface area contributed by atoms with Gasteiger partial charge in [0.25, 0.3) is 0 Å². The molecule has 2 aliphatic heterocycles. The SMILES string of the molecule is O=C(NC1CCCCC1)N1CCN2CCCc3cccc1c32. The van der Waals surface area contributed by atoms with Crippen LogP contribution in [0, 0.1) is 0 Å². The first-order chi connectivity index (χ1) is 10.8. The van der Waals surface area contributed by atoms with E-state index < -0.39 is 0 Å². The van der Waals surface area contributed by atoms with Crippen LogP contribution in [-0.4, -0.2) is 31.7 Å². The fraction of sp³-hybridized carbons (Fsp3) is 0.611. The molecule has 1 aromatic rings. The van der Waals surface area contributed by atoms with Gasteiger partial charge in [0.15, 0.2) is 0 Å². The first-order valence-electron chi connectivity index (χ1n) is 8.78. The van der Waals surface area contributed by atoms with E-state index in [4.69, 9.17) is 0 Å². The predicted molar refractivity (Wildman–Crippen MR) is 89.7 cm³/mol. The average molecular weight is 299 g/mol. The summed E-state index contributed by atoms with van der Waals surface area (Å²) in [6.07, 6.45) is 8.45. The summed E-state index contributed by atoms with van der Waals surface area (Å²) in [6.45, 7) is 2.89. The van der Waals surface area contributed by atoms with Crippen LogP contribution in [0.4, 0.5) is 16.2 Å². The molecule has 22 heavy (non-hydrogen) atoms. The molecule has 0 spiro atoms. The van der Waals surface area contributed by atoms with Gasteiger partial charge in [-0.15, -0.1) is 0 Å². The van der Waals surface area contributed by atoms with Crippen molar-refractivity contribution in [3.05, 3.63) is 23.8 Å². The van der Waals surface area contributed by atoms with Crippen LogP contribution >= 0.6 is 0 Å². The summed E-state index contributed by atoms with van der Waals surface area (Å²) in [5.41, 5.74) is 3.81. The highest BCUT2D eigenvalue weighted by molar-refractivity contribution is 5.97.